The highest BCUT2D eigenvalue weighted by atomic mass is 16.2. The van der Waals surface area contributed by atoms with Crippen molar-refractivity contribution in [2.45, 2.75) is 31.7 Å². The van der Waals surface area contributed by atoms with Crippen LogP contribution in [0.1, 0.15) is 30.7 Å². The summed E-state index contributed by atoms with van der Waals surface area (Å²) in [7, 11) is 2.21. The third-order valence-electron chi connectivity index (χ3n) is 6.35. The first-order chi connectivity index (χ1) is 13.5. The van der Waals surface area contributed by atoms with Gasteiger partial charge in [-0.15, -0.1) is 0 Å². The Morgan fingerprint density at radius 2 is 1.93 bits per heavy atom. The molecule has 2 saturated heterocycles. The quantitative estimate of drug-likeness (QED) is 0.817. The van der Waals surface area contributed by atoms with Gasteiger partial charge in [0.25, 0.3) is 0 Å². The standard InChI is InChI=1S/C22H28N4O2/c1-24-15-19(18-6-3-2-4-7-18)14-22(17-24)8-12-25(13-9-22)20(27)16-26-11-5-10-23-21(26)28/h2-7,10-11,19H,8-9,12-17H2,1H3. The molecule has 1 spiro atoms. The van der Waals surface area contributed by atoms with Crippen LogP contribution >= 0.6 is 0 Å². The molecule has 28 heavy (non-hydrogen) atoms. The second-order valence-electron chi connectivity index (χ2n) is 8.42. The van der Waals surface area contributed by atoms with Gasteiger partial charge in [0, 0.05) is 38.6 Å². The molecule has 3 heterocycles. The number of rotatable bonds is 3. The third-order valence-corrected chi connectivity index (χ3v) is 6.35. The molecule has 6 nitrogen and oxygen atoms in total. The molecule has 0 radical (unpaired) electrons. The number of amides is 1. The molecule has 1 aromatic carbocycles. The highest BCUT2D eigenvalue weighted by molar-refractivity contribution is 5.76. The van der Waals surface area contributed by atoms with Crippen LogP contribution in [0.15, 0.2) is 53.6 Å². The molecule has 2 aliphatic rings. The number of likely N-dealkylation sites (tertiary alicyclic amines) is 2. The van der Waals surface area contributed by atoms with Crippen LogP contribution in [0.2, 0.25) is 0 Å². The Hall–Kier alpha value is -2.47. The average Bonchev–Trinajstić information content (AvgIpc) is 2.70. The number of hydrogen-bond acceptors (Lipinski definition) is 4. The number of carbonyl (C=O) groups is 1. The minimum atomic E-state index is -0.371. The van der Waals surface area contributed by atoms with Crippen LogP contribution in [-0.2, 0) is 11.3 Å². The van der Waals surface area contributed by atoms with Crippen molar-refractivity contribution in [1.82, 2.24) is 19.4 Å². The van der Waals surface area contributed by atoms with Gasteiger partial charge in [0.2, 0.25) is 5.91 Å². The summed E-state index contributed by atoms with van der Waals surface area (Å²) in [5.74, 6) is 0.560. The van der Waals surface area contributed by atoms with E-state index in [2.05, 4.69) is 47.3 Å². The van der Waals surface area contributed by atoms with Crippen LogP contribution in [0.4, 0.5) is 0 Å². The summed E-state index contributed by atoms with van der Waals surface area (Å²) in [6.45, 7) is 3.80. The highest BCUT2D eigenvalue weighted by Crippen LogP contribution is 2.44. The number of hydrogen-bond donors (Lipinski definition) is 0. The van der Waals surface area contributed by atoms with Gasteiger partial charge in [0.1, 0.15) is 6.54 Å². The normalized spacial score (nSPS) is 22.3. The molecule has 0 saturated carbocycles. The maximum absolute atomic E-state index is 12.7. The first kappa shape index (κ1) is 18.9. The molecule has 1 atom stereocenters. The van der Waals surface area contributed by atoms with Gasteiger partial charge in [0.05, 0.1) is 0 Å². The summed E-state index contributed by atoms with van der Waals surface area (Å²) < 4.78 is 1.38. The predicted octanol–water partition coefficient (Wildman–Crippen LogP) is 1.97. The molecule has 2 aliphatic heterocycles. The van der Waals surface area contributed by atoms with Crippen molar-refractivity contribution in [3.63, 3.8) is 0 Å². The number of aromatic nitrogens is 2. The lowest BCUT2D eigenvalue weighted by molar-refractivity contribution is -0.135. The van der Waals surface area contributed by atoms with E-state index in [-0.39, 0.29) is 23.6 Å². The van der Waals surface area contributed by atoms with Crippen molar-refractivity contribution in [3.8, 4) is 0 Å². The van der Waals surface area contributed by atoms with Gasteiger partial charge in [-0.2, -0.15) is 0 Å². The molecule has 2 fully saturated rings. The van der Waals surface area contributed by atoms with Crippen LogP contribution in [0.25, 0.3) is 0 Å². The molecule has 0 N–H and O–H groups in total. The summed E-state index contributed by atoms with van der Waals surface area (Å²) in [5, 5.41) is 0. The van der Waals surface area contributed by atoms with Gasteiger partial charge in [-0.1, -0.05) is 30.3 Å². The summed E-state index contributed by atoms with van der Waals surface area (Å²) in [6.07, 6.45) is 6.31. The average molecular weight is 380 g/mol. The van der Waals surface area contributed by atoms with Crippen LogP contribution in [-0.4, -0.2) is 58.5 Å². The third kappa shape index (κ3) is 4.02. The maximum atomic E-state index is 12.7. The summed E-state index contributed by atoms with van der Waals surface area (Å²) in [6, 6.07) is 12.5. The lowest BCUT2D eigenvalue weighted by atomic mass is 9.68. The first-order valence-electron chi connectivity index (χ1n) is 10.1. The fourth-order valence-electron chi connectivity index (χ4n) is 4.96. The Balaban J connectivity index is 1.40. The number of nitrogens with zero attached hydrogens (tertiary/aromatic N) is 4. The number of benzene rings is 1. The van der Waals surface area contributed by atoms with Gasteiger partial charge in [-0.25, -0.2) is 9.78 Å². The molecule has 4 rings (SSSR count). The lowest BCUT2D eigenvalue weighted by Crippen LogP contribution is -2.52. The van der Waals surface area contributed by atoms with Crippen LogP contribution in [0, 0.1) is 5.41 Å². The van der Waals surface area contributed by atoms with Gasteiger partial charge < -0.3 is 9.80 Å². The Kier molecular flexibility index (Phi) is 5.31. The van der Waals surface area contributed by atoms with E-state index in [4.69, 9.17) is 0 Å². The van der Waals surface area contributed by atoms with E-state index in [1.165, 1.54) is 22.7 Å². The predicted molar refractivity (Wildman–Crippen MR) is 108 cm³/mol. The minimum absolute atomic E-state index is 0.00808. The van der Waals surface area contributed by atoms with E-state index < -0.39 is 0 Å². The van der Waals surface area contributed by atoms with Gasteiger partial charge >= 0.3 is 5.69 Å². The van der Waals surface area contributed by atoms with E-state index in [1.54, 1.807) is 12.3 Å². The van der Waals surface area contributed by atoms with Crippen LogP contribution in [0.3, 0.4) is 0 Å². The number of likely N-dealkylation sites (N-methyl/N-ethyl adjacent to an activating group) is 1. The van der Waals surface area contributed by atoms with E-state index in [1.807, 2.05) is 4.90 Å². The minimum Gasteiger partial charge on any atom is -0.341 e. The Labute approximate surface area is 165 Å². The Bertz CT molecular complexity index is 871. The topological polar surface area (TPSA) is 58.4 Å². The molecule has 0 aliphatic carbocycles. The zero-order valence-corrected chi connectivity index (χ0v) is 16.5. The summed E-state index contributed by atoms with van der Waals surface area (Å²) in [4.78, 5) is 32.5. The number of carbonyl (C=O) groups excluding carboxylic acids is 1. The zero-order chi connectivity index (χ0) is 19.6. The first-order valence-corrected chi connectivity index (χ1v) is 10.1. The molecule has 2 aromatic rings. The van der Waals surface area contributed by atoms with Gasteiger partial charge in [0.15, 0.2) is 0 Å². The smallest absolute Gasteiger partial charge is 0.341 e. The van der Waals surface area contributed by atoms with Crippen LogP contribution < -0.4 is 5.69 Å². The van der Waals surface area contributed by atoms with Crippen molar-refractivity contribution in [2.24, 2.45) is 5.41 Å². The van der Waals surface area contributed by atoms with Gasteiger partial charge in [-0.05, 0) is 49.3 Å². The van der Waals surface area contributed by atoms with E-state index in [0.717, 1.165) is 39.0 Å². The van der Waals surface area contributed by atoms with E-state index in [0.29, 0.717) is 5.92 Å². The second kappa shape index (κ2) is 7.87. The Morgan fingerprint density at radius 3 is 2.64 bits per heavy atom. The largest absolute Gasteiger partial charge is 0.347 e. The fraction of sp³-hybridized carbons (Fsp3) is 0.500. The van der Waals surface area contributed by atoms with E-state index >= 15 is 0 Å². The summed E-state index contributed by atoms with van der Waals surface area (Å²) >= 11 is 0. The Morgan fingerprint density at radius 1 is 1.18 bits per heavy atom. The SMILES string of the molecule is CN1CC(c2ccccc2)CC2(CCN(C(=O)Cn3cccnc3=O)CC2)C1. The van der Waals surface area contributed by atoms with Crippen molar-refractivity contribution >= 4 is 5.91 Å². The molecule has 148 valence electrons. The lowest BCUT2D eigenvalue weighted by Gasteiger charge is -2.49. The summed E-state index contributed by atoms with van der Waals surface area (Å²) in [5.41, 5.74) is 1.32. The fourth-order valence-corrected chi connectivity index (χ4v) is 4.96. The highest BCUT2D eigenvalue weighted by Gasteiger charge is 2.42. The second-order valence-corrected chi connectivity index (χ2v) is 8.42. The molecular weight excluding hydrogens is 352 g/mol. The van der Waals surface area contributed by atoms with Crippen molar-refractivity contribution in [2.75, 3.05) is 33.2 Å². The van der Waals surface area contributed by atoms with Gasteiger partial charge in [-0.3, -0.25) is 9.36 Å². The maximum Gasteiger partial charge on any atom is 0.347 e. The number of piperidine rings is 2. The molecule has 1 amide bonds. The van der Waals surface area contributed by atoms with Crippen molar-refractivity contribution in [3.05, 3.63) is 64.8 Å². The monoisotopic (exact) mass is 380 g/mol. The van der Waals surface area contributed by atoms with Crippen molar-refractivity contribution < 1.29 is 4.79 Å². The zero-order valence-electron chi connectivity index (χ0n) is 16.5. The van der Waals surface area contributed by atoms with Crippen molar-refractivity contribution in [1.29, 1.82) is 0 Å². The van der Waals surface area contributed by atoms with Crippen LogP contribution in [0.5, 0.6) is 0 Å². The molecule has 0 bridgehead atoms. The molecule has 6 heteroatoms. The molecule has 1 aromatic heterocycles. The van der Waals surface area contributed by atoms with E-state index in [9.17, 15) is 9.59 Å². The molecule has 1 unspecified atom stereocenters. The molecular formula is C22H28N4O2.